The molecule has 3 aromatic heterocycles. The smallest absolute Gasteiger partial charge is 0.258 e. The molecule has 2 aliphatic heterocycles. The van der Waals surface area contributed by atoms with Crippen LogP contribution < -0.4 is 5.32 Å². The van der Waals surface area contributed by atoms with Gasteiger partial charge in [0.15, 0.2) is 11.4 Å². The first-order valence-electron chi connectivity index (χ1n) is 17.1. The SMILES string of the molecule is COC(C)(C)c1cc(-c2n[nH]c3ccc(NC(=O)[C@]4(OC)CCN(CC(=O)N5CC=C(c6ccc(-c7ncccn7)cc6)CC5)C4)cc23)ccn1. The third kappa shape index (κ3) is 7.03. The summed E-state index contributed by atoms with van der Waals surface area (Å²) in [4.78, 5) is 44.2. The highest BCUT2D eigenvalue weighted by molar-refractivity contribution is 6.01. The molecule has 2 amide bonds. The summed E-state index contributed by atoms with van der Waals surface area (Å²) >= 11 is 0. The van der Waals surface area contributed by atoms with Crippen molar-refractivity contribution in [3.8, 4) is 22.6 Å². The summed E-state index contributed by atoms with van der Waals surface area (Å²) in [6.45, 7) is 6.24. The number of benzene rings is 2. The Morgan fingerprint density at radius 1 is 0.941 bits per heavy atom. The van der Waals surface area contributed by atoms with Gasteiger partial charge in [-0.1, -0.05) is 30.3 Å². The van der Waals surface area contributed by atoms with E-state index in [2.05, 4.69) is 48.7 Å². The van der Waals surface area contributed by atoms with Crippen LogP contribution in [0.3, 0.4) is 0 Å². The average Bonchev–Trinajstić information content (AvgIpc) is 3.80. The molecule has 0 bridgehead atoms. The van der Waals surface area contributed by atoms with Gasteiger partial charge in [-0.15, -0.1) is 0 Å². The van der Waals surface area contributed by atoms with Crippen molar-refractivity contribution in [2.45, 2.75) is 37.9 Å². The minimum Gasteiger partial charge on any atom is -0.373 e. The molecule has 1 saturated heterocycles. The van der Waals surface area contributed by atoms with Gasteiger partial charge < -0.3 is 19.7 Å². The second-order valence-electron chi connectivity index (χ2n) is 13.6. The Bertz CT molecular complexity index is 2080. The molecule has 2 aromatic carbocycles. The van der Waals surface area contributed by atoms with Crippen LogP contribution in [-0.2, 0) is 24.7 Å². The van der Waals surface area contributed by atoms with Gasteiger partial charge in [-0.25, -0.2) is 9.97 Å². The number of hydrogen-bond acceptors (Lipinski definition) is 9. The predicted molar refractivity (Wildman–Crippen MR) is 195 cm³/mol. The molecule has 7 rings (SSSR count). The number of aromatic nitrogens is 5. The molecule has 5 heterocycles. The van der Waals surface area contributed by atoms with Crippen LogP contribution in [0.15, 0.2) is 85.3 Å². The van der Waals surface area contributed by atoms with Crippen molar-refractivity contribution in [1.29, 1.82) is 0 Å². The van der Waals surface area contributed by atoms with Crippen LogP contribution in [0.1, 0.15) is 37.9 Å². The summed E-state index contributed by atoms with van der Waals surface area (Å²) in [5.41, 5.74) is 5.59. The fourth-order valence-electron chi connectivity index (χ4n) is 6.74. The van der Waals surface area contributed by atoms with E-state index in [0.717, 1.165) is 45.4 Å². The van der Waals surface area contributed by atoms with Crippen LogP contribution in [0.5, 0.6) is 0 Å². The zero-order valence-electron chi connectivity index (χ0n) is 29.3. The number of carbonyl (C=O) groups excluding carboxylic acids is 2. The zero-order valence-corrected chi connectivity index (χ0v) is 29.3. The number of ether oxygens (including phenoxy) is 2. The summed E-state index contributed by atoms with van der Waals surface area (Å²) in [5, 5.41) is 11.6. The van der Waals surface area contributed by atoms with Crippen molar-refractivity contribution in [2.24, 2.45) is 0 Å². The molecule has 0 spiro atoms. The topological polar surface area (TPSA) is 138 Å². The molecule has 51 heavy (non-hydrogen) atoms. The van der Waals surface area contributed by atoms with Crippen LogP contribution >= 0.6 is 0 Å². The number of hydrogen-bond donors (Lipinski definition) is 2. The normalized spacial score (nSPS) is 18.2. The van der Waals surface area contributed by atoms with Crippen molar-refractivity contribution >= 4 is 34.0 Å². The third-order valence-corrected chi connectivity index (χ3v) is 10.1. The zero-order chi connectivity index (χ0) is 35.6. The summed E-state index contributed by atoms with van der Waals surface area (Å²) in [7, 11) is 3.22. The van der Waals surface area contributed by atoms with E-state index in [4.69, 9.17) is 9.47 Å². The maximum Gasteiger partial charge on any atom is 0.258 e. The van der Waals surface area contributed by atoms with Crippen molar-refractivity contribution in [3.63, 3.8) is 0 Å². The number of pyridine rings is 1. The number of nitrogens with zero attached hydrogens (tertiary/aromatic N) is 6. The van der Waals surface area contributed by atoms with Crippen molar-refractivity contribution < 1.29 is 19.1 Å². The maximum absolute atomic E-state index is 13.8. The lowest BCUT2D eigenvalue weighted by molar-refractivity contribution is -0.138. The number of rotatable bonds is 10. The Morgan fingerprint density at radius 3 is 2.45 bits per heavy atom. The molecule has 2 N–H and O–H groups in total. The maximum atomic E-state index is 13.8. The van der Waals surface area contributed by atoms with Gasteiger partial charge in [-0.2, -0.15) is 5.10 Å². The molecular formula is C39H42N8O4. The molecule has 0 unspecified atom stereocenters. The van der Waals surface area contributed by atoms with Gasteiger partial charge in [-0.3, -0.25) is 24.6 Å². The number of likely N-dealkylation sites (tertiary alicyclic amines) is 1. The summed E-state index contributed by atoms with van der Waals surface area (Å²) in [5.74, 6) is 0.497. The Morgan fingerprint density at radius 2 is 1.73 bits per heavy atom. The van der Waals surface area contributed by atoms with Crippen LogP contribution in [-0.4, -0.2) is 99.3 Å². The Hall–Kier alpha value is -5.30. The van der Waals surface area contributed by atoms with Crippen LogP contribution in [0.25, 0.3) is 39.1 Å². The van der Waals surface area contributed by atoms with E-state index in [1.807, 2.05) is 66.1 Å². The molecular weight excluding hydrogens is 644 g/mol. The van der Waals surface area contributed by atoms with Crippen LogP contribution in [0, 0.1) is 0 Å². The largest absolute Gasteiger partial charge is 0.373 e. The minimum absolute atomic E-state index is 0.0419. The van der Waals surface area contributed by atoms with E-state index in [-0.39, 0.29) is 18.4 Å². The molecule has 0 saturated carbocycles. The van der Waals surface area contributed by atoms with Crippen molar-refractivity contribution in [2.75, 3.05) is 52.3 Å². The molecule has 0 aliphatic carbocycles. The molecule has 2 aliphatic rings. The highest BCUT2D eigenvalue weighted by Crippen LogP contribution is 2.33. The molecule has 5 aromatic rings. The van der Waals surface area contributed by atoms with Gasteiger partial charge in [0, 0.05) is 81.2 Å². The second-order valence-corrected chi connectivity index (χ2v) is 13.6. The van der Waals surface area contributed by atoms with Gasteiger partial charge in [0.1, 0.15) is 11.3 Å². The molecule has 12 nitrogen and oxygen atoms in total. The third-order valence-electron chi connectivity index (χ3n) is 10.1. The summed E-state index contributed by atoms with van der Waals surface area (Å²) < 4.78 is 11.5. The Labute approximate surface area is 296 Å². The number of carbonyl (C=O) groups is 2. The number of aromatic amines is 1. The molecule has 1 fully saturated rings. The lowest BCUT2D eigenvalue weighted by Crippen LogP contribution is -2.48. The minimum atomic E-state index is -1.08. The van der Waals surface area contributed by atoms with Gasteiger partial charge >= 0.3 is 0 Å². The monoisotopic (exact) mass is 686 g/mol. The lowest BCUT2D eigenvalue weighted by Gasteiger charge is -2.30. The number of amides is 2. The van der Waals surface area contributed by atoms with E-state index < -0.39 is 11.2 Å². The Balaban J connectivity index is 0.973. The van der Waals surface area contributed by atoms with E-state index >= 15 is 0 Å². The number of anilines is 1. The predicted octanol–water partition coefficient (Wildman–Crippen LogP) is 5.31. The fourth-order valence-corrected chi connectivity index (χ4v) is 6.74. The molecule has 0 radical (unpaired) electrons. The standard InChI is InChI=1S/C39H42N8O4/c1-38(2,50-3)33-22-29(12-18-40-33)35-31-23-30(10-11-32(31)44-45-35)43-37(49)39(51-4)15-21-46(25-39)24-34(48)47-19-13-27(14-20-47)26-6-8-28(9-7-26)36-41-16-5-17-42-36/h5-13,16-18,22-23H,14-15,19-21,24-25H2,1-4H3,(H,43,49)(H,44,45)/t39-/m0/s1. The van der Waals surface area contributed by atoms with Gasteiger partial charge in [0.25, 0.3) is 5.91 Å². The molecule has 262 valence electrons. The molecule has 1 atom stereocenters. The first kappa shape index (κ1) is 34.2. The first-order valence-corrected chi connectivity index (χ1v) is 17.1. The number of methoxy groups -OCH3 is 2. The second kappa shape index (κ2) is 14.1. The van der Waals surface area contributed by atoms with Crippen molar-refractivity contribution in [3.05, 3.63) is 96.6 Å². The van der Waals surface area contributed by atoms with Gasteiger partial charge in [-0.05, 0) is 74.2 Å². The van der Waals surface area contributed by atoms with E-state index in [0.29, 0.717) is 44.1 Å². The van der Waals surface area contributed by atoms with E-state index in [1.165, 1.54) is 5.57 Å². The first-order chi connectivity index (χ1) is 24.7. The van der Waals surface area contributed by atoms with E-state index in [1.54, 1.807) is 38.9 Å². The highest BCUT2D eigenvalue weighted by Gasteiger charge is 2.45. The fraction of sp³-hybridized carbons (Fsp3) is 0.333. The van der Waals surface area contributed by atoms with Crippen LogP contribution in [0.4, 0.5) is 5.69 Å². The number of H-pyrrole nitrogens is 1. The summed E-state index contributed by atoms with van der Waals surface area (Å²) in [6, 6.07) is 19.6. The average molecular weight is 687 g/mol. The number of fused-ring (bicyclic) bond motifs is 1. The van der Waals surface area contributed by atoms with E-state index in [9.17, 15) is 9.59 Å². The quantitative estimate of drug-likeness (QED) is 0.200. The lowest BCUT2D eigenvalue weighted by atomic mass is 9.98. The highest BCUT2D eigenvalue weighted by atomic mass is 16.5. The number of nitrogens with one attached hydrogen (secondary N) is 2. The molecule has 12 heteroatoms. The van der Waals surface area contributed by atoms with Crippen LogP contribution in [0.2, 0.25) is 0 Å². The van der Waals surface area contributed by atoms with Crippen molar-refractivity contribution in [1.82, 2.24) is 34.9 Å². The van der Waals surface area contributed by atoms with Gasteiger partial charge in [0.05, 0.1) is 17.8 Å². The van der Waals surface area contributed by atoms with Gasteiger partial charge in [0.2, 0.25) is 5.91 Å². The Kier molecular flexibility index (Phi) is 9.47. The summed E-state index contributed by atoms with van der Waals surface area (Å²) in [6.07, 6.45) is 8.60.